The lowest BCUT2D eigenvalue weighted by atomic mass is 10.1. The zero-order valence-electron chi connectivity index (χ0n) is 11.5. The van der Waals surface area contributed by atoms with Gasteiger partial charge < -0.3 is 10.5 Å². The van der Waals surface area contributed by atoms with Crippen molar-refractivity contribution < 1.29 is 9.13 Å². The third kappa shape index (κ3) is 4.92. The number of rotatable bonds is 7. The van der Waals surface area contributed by atoms with Gasteiger partial charge in [0.05, 0.1) is 6.61 Å². The molecule has 0 saturated heterocycles. The number of hydrogen-bond acceptors (Lipinski definition) is 2. The standard InChI is InChI=1S/C17H20FNO/c18-15-7-11-17(12-8-15)20-13-3-1-2-4-14-5-9-16(19)10-6-14/h5-12H,1-4,13,19H2. The van der Waals surface area contributed by atoms with E-state index in [2.05, 4.69) is 12.1 Å². The smallest absolute Gasteiger partial charge is 0.123 e. The highest BCUT2D eigenvalue weighted by Gasteiger charge is 1.96. The number of unbranched alkanes of at least 4 members (excludes halogenated alkanes) is 2. The van der Waals surface area contributed by atoms with E-state index in [4.69, 9.17) is 10.5 Å². The van der Waals surface area contributed by atoms with E-state index in [1.807, 2.05) is 12.1 Å². The van der Waals surface area contributed by atoms with Gasteiger partial charge in [-0.2, -0.15) is 0 Å². The number of benzene rings is 2. The van der Waals surface area contributed by atoms with Gasteiger partial charge in [0.1, 0.15) is 11.6 Å². The quantitative estimate of drug-likeness (QED) is 0.606. The first-order valence-corrected chi connectivity index (χ1v) is 6.97. The molecular weight excluding hydrogens is 253 g/mol. The van der Waals surface area contributed by atoms with Crippen molar-refractivity contribution in [1.29, 1.82) is 0 Å². The fourth-order valence-electron chi connectivity index (χ4n) is 2.01. The van der Waals surface area contributed by atoms with Gasteiger partial charge in [0.25, 0.3) is 0 Å². The molecule has 2 aromatic carbocycles. The Balaban J connectivity index is 1.57. The fraction of sp³-hybridized carbons (Fsp3) is 0.294. The van der Waals surface area contributed by atoms with Gasteiger partial charge in [-0.25, -0.2) is 4.39 Å². The summed E-state index contributed by atoms with van der Waals surface area (Å²) in [6.45, 7) is 0.674. The highest BCUT2D eigenvalue weighted by molar-refractivity contribution is 5.39. The molecule has 2 rings (SSSR count). The van der Waals surface area contributed by atoms with Crippen LogP contribution in [0.5, 0.6) is 5.75 Å². The van der Waals surface area contributed by atoms with Crippen molar-refractivity contribution in [1.82, 2.24) is 0 Å². The molecule has 0 heterocycles. The van der Waals surface area contributed by atoms with Crippen molar-refractivity contribution in [3.8, 4) is 5.75 Å². The minimum atomic E-state index is -0.235. The average molecular weight is 273 g/mol. The SMILES string of the molecule is Nc1ccc(CCCCCOc2ccc(F)cc2)cc1. The first-order valence-electron chi connectivity index (χ1n) is 6.97. The number of hydrogen-bond donors (Lipinski definition) is 1. The molecule has 0 amide bonds. The maximum absolute atomic E-state index is 12.7. The lowest BCUT2D eigenvalue weighted by Crippen LogP contribution is -1.97. The van der Waals surface area contributed by atoms with E-state index >= 15 is 0 Å². The summed E-state index contributed by atoms with van der Waals surface area (Å²) in [5, 5.41) is 0. The van der Waals surface area contributed by atoms with Crippen molar-refractivity contribution in [3.05, 3.63) is 59.9 Å². The van der Waals surface area contributed by atoms with E-state index in [9.17, 15) is 4.39 Å². The molecule has 0 fully saturated rings. The van der Waals surface area contributed by atoms with Gasteiger partial charge >= 0.3 is 0 Å². The third-order valence-corrected chi connectivity index (χ3v) is 3.17. The van der Waals surface area contributed by atoms with Gasteiger partial charge in [-0.15, -0.1) is 0 Å². The summed E-state index contributed by atoms with van der Waals surface area (Å²) in [6, 6.07) is 14.2. The highest BCUT2D eigenvalue weighted by Crippen LogP contribution is 2.13. The zero-order valence-corrected chi connectivity index (χ0v) is 11.5. The Morgan fingerprint density at radius 3 is 2.25 bits per heavy atom. The normalized spacial score (nSPS) is 10.4. The molecule has 2 nitrogen and oxygen atoms in total. The summed E-state index contributed by atoms with van der Waals surface area (Å²) in [5.41, 5.74) is 7.77. The molecule has 2 aromatic rings. The van der Waals surface area contributed by atoms with Crippen LogP contribution in [-0.2, 0) is 6.42 Å². The van der Waals surface area contributed by atoms with Gasteiger partial charge in [-0.05, 0) is 67.6 Å². The highest BCUT2D eigenvalue weighted by atomic mass is 19.1. The Labute approximate surface area is 119 Å². The number of aryl methyl sites for hydroxylation is 1. The average Bonchev–Trinajstić information content (AvgIpc) is 2.46. The van der Waals surface area contributed by atoms with Crippen LogP contribution in [0.3, 0.4) is 0 Å². The lowest BCUT2D eigenvalue weighted by Gasteiger charge is -2.06. The van der Waals surface area contributed by atoms with Gasteiger partial charge in [0.15, 0.2) is 0 Å². The minimum Gasteiger partial charge on any atom is -0.494 e. The number of halogens is 1. The molecule has 0 saturated carbocycles. The number of nitrogen functional groups attached to an aromatic ring is 1. The van der Waals surface area contributed by atoms with Gasteiger partial charge in [0.2, 0.25) is 0 Å². The molecule has 3 heteroatoms. The van der Waals surface area contributed by atoms with Crippen molar-refractivity contribution in [3.63, 3.8) is 0 Å². The number of anilines is 1. The van der Waals surface area contributed by atoms with Crippen molar-refractivity contribution in [2.24, 2.45) is 0 Å². The van der Waals surface area contributed by atoms with Crippen molar-refractivity contribution in [2.75, 3.05) is 12.3 Å². The van der Waals surface area contributed by atoms with Crippen LogP contribution < -0.4 is 10.5 Å². The van der Waals surface area contributed by atoms with E-state index < -0.39 is 0 Å². The second kappa shape index (κ2) is 7.53. The molecule has 20 heavy (non-hydrogen) atoms. The van der Waals surface area contributed by atoms with E-state index in [1.54, 1.807) is 12.1 Å². The van der Waals surface area contributed by atoms with Gasteiger partial charge in [-0.1, -0.05) is 12.1 Å². The molecule has 0 bridgehead atoms. The molecule has 0 aliphatic carbocycles. The largest absolute Gasteiger partial charge is 0.494 e. The first kappa shape index (κ1) is 14.4. The Morgan fingerprint density at radius 1 is 0.850 bits per heavy atom. The molecule has 0 aliphatic heterocycles. The van der Waals surface area contributed by atoms with Crippen LogP contribution >= 0.6 is 0 Å². The third-order valence-electron chi connectivity index (χ3n) is 3.17. The first-order chi connectivity index (χ1) is 9.74. The van der Waals surface area contributed by atoms with E-state index in [1.165, 1.54) is 17.7 Å². The van der Waals surface area contributed by atoms with Crippen LogP contribution in [0, 0.1) is 5.82 Å². The monoisotopic (exact) mass is 273 g/mol. The molecule has 2 N–H and O–H groups in total. The Hall–Kier alpha value is -2.03. The van der Waals surface area contributed by atoms with Crippen molar-refractivity contribution in [2.45, 2.75) is 25.7 Å². The van der Waals surface area contributed by atoms with Crippen LogP contribution in [0.4, 0.5) is 10.1 Å². The second-order valence-corrected chi connectivity index (χ2v) is 4.85. The lowest BCUT2D eigenvalue weighted by molar-refractivity contribution is 0.305. The summed E-state index contributed by atoms with van der Waals surface area (Å²) in [5.74, 6) is 0.491. The van der Waals surface area contributed by atoms with Crippen molar-refractivity contribution >= 4 is 5.69 Å². The molecular formula is C17H20FNO. The maximum Gasteiger partial charge on any atom is 0.123 e. The predicted octanol–water partition coefficient (Wildman–Crippen LogP) is 4.20. The molecule has 0 unspecified atom stereocenters. The summed E-state index contributed by atoms with van der Waals surface area (Å²) in [7, 11) is 0. The van der Waals surface area contributed by atoms with E-state index in [0.717, 1.165) is 37.1 Å². The molecule has 0 aliphatic rings. The number of ether oxygens (including phenoxy) is 1. The Bertz CT molecular complexity index is 458. The van der Waals surface area contributed by atoms with Crippen LogP contribution in [0.15, 0.2) is 48.5 Å². The fourth-order valence-corrected chi connectivity index (χ4v) is 2.01. The molecule has 0 radical (unpaired) electrons. The second-order valence-electron chi connectivity index (χ2n) is 4.85. The van der Waals surface area contributed by atoms with Gasteiger partial charge in [-0.3, -0.25) is 0 Å². The van der Waals surface area contributed by atoms with Gasteiger partial charge in [0, 0.05) is 5.69 Å². The molecule has 0 atom stereocenters. The number of nitrogens with two attached hydrogens (primary N) is 1. The van der Waals surface area contributed by atoms with Crippen LogP contribution in [0.2, 0.25) is 0 Å². The summed E-state index contributed by atoms with van der Waals surface area (Å²) < 4.78 is 18.2. The molecule has 106 valence electrons. The van der Waals surface area contributed by atoms with E-state index in [-0.39, 0.29) is 5.82 Å². The van der Waals surface area contributed by atoms with Crippen LogP contribution in [0.1, 0.15) is 24.8 Å². The van der Waals surface area contributed by atoms with Crippen LogP contribution in [0.25, 0.3) is 0 Å². The molecule has 0 aromatic heterocycles. The van der Waals surface area contributed by atoms with Crippen LogP contribution in [-0.4, -0.2) is 6.61 Å². The molecule has 0 spiro atoms. The zero-order chi connectivity index (χ0) is 14.2. The maximum atomic E-state index is 12.7. The summed E-state index contributed by atoms with van der Waals surface area (Å²) >= 11 is 0. The summed E-state index contributed by atoms with van der Waals surface area (Å²) in [4.78, 5) is 0. The summed E-state index contributed by atoms with van der Waals surface area (Å²) in [6.07, 6.45) is 4.32. The minimum absolute atomic E-state index is 0.235. The Kier molecular flexibility index (Phi) is 5.42. The van der Waals surface area contributed by atoms with E-state index in [0.29, 0.717) is 6.61 Å². The topological polar surface area (TPSA) is 35.2 Å². The predicted molar refractivity (Wildman–Crippen MR) is 80.3 cm³/mol. The Morgan fingerprint density at radius 2 is 1.55 bits per heavy atom.